The topological polar surface area (TPSA) is 76.1 Å². The molecule has 0 fully saturated rings. The van der Waals surface area contributed by atoms with Crippen LogP contribution >= 0.6 is 11.6 Å². The highest BCUT2D eigenvalue weighted by Crippen LogP contribution is 2.19. The summed E-state index contributed by atoms with van der Waals surface area (Å²) in [4.78, 5) is 20.5. The van der Waals surface area contributed by atoms with E-state index in [0.29, 0.717) is 23.1 Å². The zero-order chi connectivity index (χ0) is 18.4. The Labute approximate surface area is 156 Å². The van der Waals surface area contributed by atoms with Gasteiger partial charge in [-0.3, -0.25) is 4.79 Å². The van der Waals surface area contributed by atoms with E-state index in [1.54, 1.807) is 37.4 Å². The van der Waals surface area contributed by atoms with E-state index >= 15 is 0 Å². The van der Waals surface area contributed by atoms with E-state index in [-0.39, 0.29) is 11.6 Å². The van der Waals surface area contributed by atoms with E-state index in [0.717, 1.165) is 11.3 Å². The summed E-state index contributed by atoms with van der Waals surface area (Å²) in [5.74, 6) is 0.991. The second-order valence-corrected chi connectivity index (χ2v) is 5.85. The molecule has 1 amide bonds. The fourth-order valence-electron chi connectivity index (χ4n) is 2.37. The number of para-hydroxylation sites is 1. The summed E-state index contributed by atoms with van der Waals surface area (Å²) >= 11 is 5.93. The first-order valence-electron chi connectivity index (χ1n) is 7.90. The van der Waals surface area contributed by atoms with Crippen LogP contribution in [-0.2, 0) is 6.54 Å². The maximum absolute atomic E-state index is 12.4. The van der Waals surface area contributed by atoms with Crippen LogP contribution in [0.15, 0.2) is 60.9 Å². The van der Waals surface area contributed by atoms with Crippen molar-refractivity contribution in [3.05, 3.63) is 77.2 Å². The van der Waals surface area contributed by atoms with Crippen LogP contribution in [0.2, 0.25) is 5.02 Å². The van der Waals surface area contributed by atoms with Crippen molar-refractivity contribution < 1.29 is 9.53 Å². The monoisotopic (exact) mass is 368 g/mol. The maximum Gasteiger partial charge on any atom is 0.274 e. The molecule has 132 valence electrons. The fourth-order valence-corrected chi connectivity index (χ4v) is 2.56. The molecule has 0 spiro atoms. The predicted octanol–water partition coefficient (Wildman–Crippen LogP) is 4.00. The van der Waals surface area contributed by atoms with Crippen molar-refractivity contribution in [3.8, 4) is 5.75 Å². The molecule has 2 aromatic carbocycles. The van der Waals surface area contributed by atoms with Gasteiger partial charge in [-0.05, 0) is 24.3 Å². The Morgan fingerprint density at radius 3 is 2.77 bits per heavy atom. The normalized spacial score (nSPS) is 10.2. The molecule has 1 aromatic heterocycles. The number of nitrogens with zero attached hydrogens (tertiary/aromatic N) is 2. The van der Waals surface area contributed by atoms with Crippen molar-refractivity contribution in [2.45, 2.75) is 6.54 Å². The molecule has 7 heteroatoms. The van der Waals surface area contributed by atoms with E-state index in [4.69, 9.17) is 16.3 Å². The summed E-state index contributed by atoms with van der Waals surface area (Å²) in [5, 5.41) is 6.47. The summed E-state index contributed by atoms with van der Waals surface area (Å²) in [7, 11) is 1.63. The SMILES string of the molecule is COc1ccccc1CNc1cc(C(=O)Nc2cccc(Cl)c2)ncn1. The van der Waals surface area contributed by atoms with Gasteiger partial charge in [-0.25, -0.2) is 9.97 Å². The number of halogens is 1. The van der Waals surface area contributed by atoms with E-state index in [1.807, 2.05) is 24.3 Å². The van der Waals surface area contributed by atoms with Crippen molar-refractivity contribution in [2.75, 3.05) is 17.7 Å². The van der Waals surface area contributed by atoms with Gasteiger partial charge in [0.25, 0.3) is 5.91 Å². The third-order valence-corrected chi connectivity index (χ3v) is 3.87. The van der Waals surface area contributed by atoms with Gasteiger partial charge in [0, 0.05) is 28.9 Å². The van der Waals surface area contributed by atoms with Crippen molar-refractivity contribution in [1.29, 1.82) is 0 Å². The molecule has 0 aliphatic rings. The van der Waals surface area contributed by atoms with Crippen LogP contribution in [0.25, 0.3) is 0 Å². The standard InChI is InChI=1S/C19H17ClN4O2/c1-26-17-8-3-2-5-13(17)11-21-18-10-16(22-12-23-18)19(25)24-15-7-4-6-14(20)9-15/h2-10,12H,11H2,1H3,(H,24,25)(H,21,22,23). The minimum absolute atomic E-state index is 0.252. The number of rotatable bonds is 6. The van der Waals surface area contributed by atoms with Gasteiger partial charge in [0.2, 0.25) is 0 Å². The molecular weight excluding hydrogens is 352 g/mol. The smallest absolute Gasteiger partial charge is 0.274 e. The third kappa shape index (κ3) is 4.49. The highest BCUT2D eigenvalue weighted by Gasteiger charge is 2.10. The van der Waals surface area contributed by atoms with Crippen molar-refractivity contribution >= 4 is 29.0 Å². The molecular formula is C19H17ClN4O2. The molecule has 0 bridgehead atoms. The van der Waals surface area contributed by atoms with Crippen LogP contribution in [0, 0.1) is 0 Å². The summed E-state index contributed by atoms with van der Waals surface area (Å²) in [6.07, 6.45) is 1.34. The number of ether oxygens (including phenoxy) is 1. The highest BCUT2D eigenvalue weighted by molar-refractivity contribution is 6.30. The Kier molecular flexibility index (Phi) is 5.66. The first-order chi connectivity index (χ1) is 12.7. The molecule has 0 saturated carbocycles. The average molecular weight is 369 g/mol. The quantitative estimate of drug-likeness (QED) is 0.687. The molecule has 0 radical (unpaired) electrons. The van der Waals surface area contributed by atoms with Gasteiger partial charge in [-0.2, -0.15) is 0 Å². The average Bonchev–Trinajstić information content (AvgIpc) is 2.67. The van der Waals surface area contributed by atoms with Gasteiger partial charge >= 0.3 is 0 Å². The molecule has 1 heterocycles. The van der Waals surface area contributed by atoms with Gasteiger partial charge < -0.3 is 15.4 Å². The Bertz CT molecular complexity index is 917. The molecule has 6 nitrogen and oxygen atoms in total. The number of aromatic nitrogens is 2. The predicted molar refractivity (Wildman–Crippen MR) is 102 cm³/mol. The Balaban J connectivity index is 1.68. The van der Waals surface area contributed by atoms with Crippen molar-refractivity contribution in [1.82, 2.24) is 9.97 Å². The fraction of sp³-hybridized carbons (Fsp3) is 0.105. The summed E-state index contributed by atoms with van der Waals surface area (Å²) in [6.45, 7) is 0.510. The number of carbonyl (C=O) groups is 1. The number of amides is 1. The lowest BCUT2D eigenvalue weighted by molar-refractivity contribution is 0.102. The minimum atomic E-state index is -0.338. The third-order valence-electron chi connectivity index (χ3n) is 3.63. The van der Waals surface area contributed by atoms with Gasteiger partial charge in [-0.1, -0.05) is 35.9 Å². The molecule has 2 N–H and O–H groups in total. The first kappa shape index (κ1) is 17.7. The number of nitrogens with one attached hydrogen (secondary N) is 2. The molecule has 3 rings (SSSR count). The Morgan fingerprint density at radius 1 is 1.12 bits per heavy atom. The van der Waals surface area contributed by atoms with Crippen LogP contribution in [-0.4, -0.2) is 23.0 Å². The van der Waals surface area contributed by atoms with E-state index in [1.165, 1.54) is 6.33 Å². The summed E-state index contributed by atoms with van der Waals surface area (Å²) in [5.41, 5.74) is 1.84. The molecule has 0 aliphatic heterocycles. The largest absolute Gasteiger partial charge is 0.496 e. The van der Waals surface area contributed by atoms with E-state index in [2.05, 4.69) is 20.6 Å². The molecule has 0 atom stereocenters. The lowest BCUT2D eigenvalue weighted by Crippen LogP contribution is -2.14. The number of carbonyl (C=O) groups excluding carboxylic acids is 1. The maximum atomic E-state index is 12.4. The molecule has 0 saturated heterocycles. The number of hydrogen-bond donors (Lipinski definition) is 2. The van der Waals surface area contributed by atoms with Gasteiger partial charge in [0.1, 0.15) is 23.6 Å². The van der Waals surface area contributed by atoms with Crippen molar-refractivity contribution in [2.24, 2.45) is 0 Å². The zero-order valence-corrected chi connectivity index (χ0v) is 14.8. The number of anilines is 2. The number of methoxy groups -OCH3 is 1. The number of benzene rings is 2. The first-order valence-corrected chi connectivity index (χ1v) is 8.28. The van der Waals surface area contributed by atoms with E-state index < -0.39 is 0 Å². The lowest BCUT2D eigenvalue weighted by atomic mass is 10.2. The van der Waals surface area contributed by atoms with Crippen LogP contribution in [0.4, 0.5) is 11.5 Å². The molecule has 0 unspecified atom stereocenters. The second-order valence-electron chi connectivity index (χ2n) is 5.42. The molecule has 3 aromatic rings. The van der Waals surface area contributed by atoms with E-state index in [9.17, 15) is 4.79 Å². The second kappa shape index (κ2) is 8.31. The number of hydrogen-bond acceptors (Lipinski definition) is 5. The zero-order valence-electron chi connectivity index (χ0n) is 14.1. The summed E-state index contributed by atoms with van der Waals surface area (Å²) < 4.78 is 5.32. The van der Waals surface area contributed by atoms with Crippen LogP contribution in [0.1, 0.15) is 16.1 Å². The van der Waals surface area contributed by atoms with Crippen LogP contribution in [0.3, 0.4) is 0 Å². The van der Waals surface area contributed by atoms with Crippen molar-refractivity contribution in [3.63, 3.8) is 0 Å². The van der Waals surface area contributed by atoms with Crippen LogP contribution in [0.5, 0.6) is 5.75 Å². The summed E-state index contributed by atoms with van der Waals surface area (Å²) in [6, 6.07) is 16.2. The van der Waals surface area contributed by atoms with Gasteiger partial charge in [0.15, 0.2) is 0 Å². The lowest BCUT2D eigenvalue weighted by Gasteiger charge is -2.10. The highest BCUT2D eigenvalue weighted by atomic mass is 35.5. The minimum Gasteiger partial charge on any atom is -0.496 e. The van der Waals surface area contributed by atoms with Gasteiger partial charge in [0.05, 0.1) is 7.11 Å². The van der Waals surface area contributed by atoms with Crippen LogP contribution < -0.4 is 15.4 Å². The molecule has 26 heavy (non-hydrogen) atoms. The molecule has 0 aliphatic carbocycles. The Hall–Kier alpha value is -3.12. The van der Waals surface area contributed by atoms with Gasteiger partial charge in [-0.15, -0.1) is 0 Å². The Morgan fingerprint density at radius 2 is 1.96 bits per heavy atom.